The first-order chi connectivity index (χ1) is 10.1. The van der Waals surface area contributed by atoms with E-state index in [1.54, 1.807) is 13.2 Å². The van der Waals surface area contributed by atoms with E-state index < -0.39 is 0 Å². The van der Waals surface area contributed by atoms with Gasteiger partial charge in [-0.3, -0.25) is 0 Å². The molecule has 2 aromatic rings. The molecule has 0 aliphatic heterocycles. The fourth-order valence-corrected chi connectivity index (χ4v) is 2.66. The zero-order chi connectivity index (χ0) is 15.4. The number of aryl methyl sites for hydroxylation is 1. The summed E-state index contributed by atoms with van der Waals surface area (Å²) >= 11 is 6.24. The van der Waals surface area contributed by atoms with Crippen LogP contribution in [0.5, 0.6) is 5.75 Å². The van der Waals surface area contributed by atoms with Gasteiger partial charge in [0.15, 0.2) is 0 Å². The van der Waals surface area contributed by atoms with Gasteiger partial charge in [0.25, 0.3) is 0 Å². The zero-order valence-corrected chi connectivity index (χ0v) is 13.2. The lowest BCUT2D eigenvalue weighted by atomic mass is 9.96. The van der Waals surface area contributed by atoms with E-state index in [1.807, 2.05) is 32.0 Å². The van der Waals surface area contributed by atoms with E-state index in [0.29, 0.717) is 5.02 Å². The number of methoxy groups -OCH3 is 1. The molecule has 2 nitrogen and oxygen atoms in total. The molecule has 1 N–H and O–H groups in total. The minimum atomic E-state index is -0.289. The molecular weight excluding hydrogens is 289 g/mol. The van der Waals surface area contributed by atoms with Crippen LogP contribution in [0.2, 0.25) is 5.02 Å². The fraction of sp³-hybridized carbons (Fsp3) is 0.294. The molecule has 1 unspecified atom stereocenters. The topological polar surface area (TPSA) is 21.3 Å². The van der Waals surface area contributed by atoms with Gasteiger partial charge in [-0.25, -0.2) is 4.39 Å². The van der Waals surface area contributed by atoms with Crippen LogP contribution in [0.25, 0.3) is 0 Å². The molecule has 0 spiro atoms. The second kappa shape index (κ2) is 6.92. The Hall–Kier alpha value is -1.58. The van der Waals surface area contributed by atoms with E-state index in [4.69, 9.17) is 16.3 Å². The molecule has 0 heterocycles. The van der Waals surface area contributed by atoms with Gasteiger partial charge in [0.05, 0.1) is 13.2 Å². The van der Waals surface area contributed by atoms with Crippen LogP contribution >= 0.6 is 11.6 Å². The van der Waals surface area contributed by atoms with E-state index in [-0.39, 0.29) is 11.9 Å². The normalized spacial score (nSPS) is 12.2. The number of benzene rings is 2. The predicted octanol–water partition coefficient (Wildman–Crippen LogP) is 4.50. The van der Waals surface area contributed by atoms with Gasteiger partial charge >= 0.3 is 0 Å². The number of nitrogens with one attached hydrogen (secondary N) is 1. The number of hydrogen-bond acceptors (Lipinski definition) is 2. The van der Waals surface area contributed by atoms with Crippen molar-refractivity contribution >= 4 is 11.6 Å². The molecular formula is C17H19ClFNO. The summed E-state index contributed by atoms with van der Waals surface area (Å²) in [7, 11) is 1.65. The van der Waals surface area contributed by atoms with Gasteiger partial charge in [-0.1, -0.05) is 30.7 Å². The van der Waals surface area contributed by atoms with Gasteiger partial charge in [0.2, 0.25) is 0 Å². The van der Waals surface area contributed by atoms with Crippen LogP contribution in [-0.4, -0.2) is 13.7 Å². The summed E-state index contributed by atoms with van der Waals surface area (Å²) in [6.45, 7) is 4.75. The first-order valence-electron chi connectivity index (χ1n) is 6.89. The molecule has 112 valence electrons. The third kappa shape index (κ3) is 3.55. The van der Waals surface area contributed by atoms with Crippen LogP contribution in [0, 0.1) is 12.7 Å². The maximum atomic E-state index is 13.6. The molecule has 2 rings (SSSR count). The van der Waals surface area contributed by atoms with E-state index in [0.717, 1.165) is 29.0 Å². The van der Waals surface area contributed by atoms with Crippen LogP contribution in [0.15, 0.2) is 36.4 Å². The van der Waals surface area contributed by atoms with Crippen LogP contribution in [-0.2, 0) is 0 Å². The van der Waals surface area contributed by atoms with E-state index >= 15 is 0 Å². The molecule has 1 atom stereocenters. The molecule has 0 saturated heterocycles. The smallest absolute Gasteiger partial charge is 0.123 e. The Balaban J connectivity index is 2.48. The lowest BCUT2D eigenvalue weighted by Gasteiger charge is -2.21. The summed E-state index contributed by atoms with van der Waals surface area (Å²) in [5.41, 5.74) is 2.80. The number of rotatable bonds is 5. The zero-order valence-electron chi connectivity index (χ0n) is 12.4. The van der Waals surface area contributed by atoms with Crippen molar-refractivity contribution in [2.45, 2.75) is 19.9 Å². The van der Waals surface area contributed by atoms with E-state index in [9.17, 15) is 4.39 Å². The summed E-state index contributed by atoms with van der Waals surface area (Å²) < 4.78 is 18.8. The van der Waals surface area contributed by atoms with Gasteiger partial charge < -0.3 is 10.1 Å². The monoisotopic (exact) mass is 307 g/mol. The Morgan fingerprint density at radius 3 is 2.62 bits per heavy atom. The van der Waals surface area contributed by atoms with E-state index in [1.165, 1.54) is 12.1 Å². The highest BCUT2D eigenvalue weighted by Gasteiger charge is 2.17. The summed E-state index contributed by atoms with van der Waals surface area (Å²) in [6, 6.07) is 10.2. The molecule has 0 radical (unpaired) electrons. The minimum absolute atomic E-state index is 0.150. The van der Waals surface area contributed by atoms with Crippen molar-refractivity contribution in [3.05, 3.63) is 63.9 Å². The largest absolute Gasteiger partial charge is 0.496 e. The van der Waals surface area contributed by atoms with Crippen LogP contribution in [0.1, 0.15) is 29.7 Å². The first kappa shape index (κ1) is 15.8. The Bertz CT molecular complexity index is 630. The summed E-state index contributed by atoms with van der Waals surface area (Å²) in [6.07, 6.45) is 0. The van der Waals surface area contributed by atoms with Gasteiger partial charge in [-0.05, 0) is 54.4 Å². The quantitative estimate of drug-likeness (QED) is 0.878. The van der Waals surface area contributed by atoms with Crippen LogP contribution in [0.3, 0.4) is 0 Å². The molecule has 4 heteroatoms. The second-order valence-electron chi connectivity index (χ2n) is 4.89. The Morgan fingerprint density at radius 2 is 2.00 bits per heavy atom. The van der Waals surface area contributed by atoms with Crippen LogP contribution in [0.4, 0.5) is 4.39 Å². The molecule has 2 aromatic carbocycles. The first-order valence-corrected chi connectivity index (χ1v) is 7.27. The molecule has 0 fully saturated rings. The lowest BCUT2D eigenvalue weighted by molar-refractivity contribution is 0.411. The predicted molar refractivity (Wildman–Crippen MR) is 84.7 cm³/mol. The second-order valence-corrected chi connectivity index (χ2v) is 5.29. The number of ether oxygens (including phenoxy) is 1. The van der Waals surface area contributed by atoms with Crippen molar-refractivity contribution in [1.29, 1.82) is 0 Å². The highest BCUT2D eigenvalue weighted by Crippen LogP contribution is 2.31. The van der Waals surface area contributed by atoms with Crippen molar-refractivity contribution in [2.24, 2.45) is 0 Å². The molecule has 0 saturated carbocycles. The Morgan fingerprint density at radius 1 is 1.24 bits per heavy atom. The standard InChI is InChI=1S/C17H19ClFNO/c1-4-20-17(14-10-13(19)6-7-15(14)18)12-5-8-16(21-3)11(2)9-12/h5-10,17,20H,4H2,1-3H3. The highest BCUT2D eigenvalue weighted by molar-refractivity contribution is 6.31. The molecule has 0 bridgehead atoms. The maximum Gasteiger partial charge on any atom is 0.123 e. The number of hydrogen-bond donors (Lipinski definition) is 1. The highest BCUT2D eigenvalue weighted by atomic mass is 35.5. The average molecular weight is 308 g/mol. The van der Waals surface area contributed by atoms with Gasteiger partial charge in [0, 0.05) is 5.02 Å². The summed E-state index contributed by atoms with van der Waals surface area (Å²) in [5, 5.41) is 3.91. The molecule has 0 aliphatic carbocycles. The van der Waals surface area contributed by atoms with Crippen molar-refractivity contribution in [3.8, 4) is 5.75 Å². The van der Waals surface area contributed by atoms with Gasteiger partial charge in [0.1, 0.15) is 11.6 Å². The van der Waals surface area contributed by atoms with Crippen LogP contribution < -0.4 is 10.1 Å². The molecule has 21 heavy (non-hydrogen) atoms. The van der Waals surface area contributed by atoms with Gasteiger partial charge in [-0.2, -0.15) is 0 Å². The molecule has 0 amide bonds. The third-order valence-corrected chi connectivity index (χ3v) is 3.77. The lowest BCUT2D eigenvalue weighted by Crippen LogP contribution is -2.22. The Kier molecular flexibility index (Phi) is 5.21. The summed E-state index contributed by atoms with van der Waals surface area (Å²) in [5.74, 6) is 0.543. The van der Waals surface area contributed by atoms with Gasteiger partial charge in [-0.15, -0.1) is 0 Å². The third-order valence-electron chi connectivity index (χ3n) is 3.43. The summed E-state index contributed by atoms with van der Waals surface area (Å²) in [4.78, 5) is 0. The van der Waals surface area contributed by atoms with E-state index in [2.05, 4.69) is 5.32 Å². The van der Waals surface area contributed by atoms with Crippen molar-refractivity contribution < 1.29 is 9.13 Å². The fourth-order valence-electron chi connectivity index (χ4n) is 2.43. The Labute approximate surface area is 129 Å². The molecule has 0 aromatic heterocycles. The SMILES string of the molecule is CCNC(c1ccc(OC)c(C)c1)c1cc(F)ccc1Cl. The van der Waals surface area contributed by atoms with Crippen molar-refractivity contribution in [3.63, 3.8) is 0 Å². The average Bonchev–Trinajstić information content (AvgIpc) is 2.47. The maximum absolute atomic E-state index is 13.6. The minimum Gasteiger partial charge on any atom is -0.496 e. The number of halogens is 2. The van der Waals surface area contributed by atoms with Crippen molar-refractivity contribution in [1.82, 2.24) is 5.32 Å². The molecule has 0 aliphatic rings. The van der Waals surface area contributed by atoms with Crippen molar-refractivity contribution in [2.75, 3.05) is 13.7 Å².